The first-order chi connectivity index (χ1) is 13.4. The van der Waals surface area contributed by atoms with Gasteiger partial charge in [-0.05, 0) is 43.7 Å². The molecule has 0 aromatic heterocycles. The van der Waals surface area contributed by atoms with Gasteiger partial charge < -0.3 is 0 Å². The van der Waals surface area contributed by atoms with E-state index in [1.807, 2.05) is 32.9 Å². The van der Waals surface area contributed by atoms with Crippen LogP contribution in [0.3, 0.4) is 0 Å². The Kier molecular flexibility index (Phi) is 7.00. The van der Waals surface area contributed by atoms with Crippen molar-refractivity contribution in [1.82, 2.24) is 0 Å². The molecule has 28 heavy (non-hydrogen) atoms. The van der Waals surface area contributed by atoms with Crippen molar-refractivity contribution in [3.63, 3.8) is 0 Å². The normalized spacial score (nSPS) is 9.86. The van der Waals surface area contributed by atoms with E-state index in [1.165, 1.54) is 31.2 Å². The number of aryl methyl sites for hydroxylation is 2. The Morgan fingerprint density at radius 3 is 1.71 bits per heavy atom. The van der Waals surface area contributed by atoms with Gasteiger partial charge in [0.25, 0.3) is 0 Å². The van der Waals surface area contributed by atoms with Crippen molar-refractivity contribution in [2.75, 3.05) is 0 Å². The lowest BCUT2D eigenvalue weighted by Gasteiger charge is -2.09. The molecule has 0 unspecified atom stereocenters. The Balaban J connectivity index is 0.00000136. The summed E-state index contributed by atoms with van der Waals surface area (Å²) in [6.45, 7) is 7.32. The highest BCUT2D eigenvalue weighted by atomic mass is 19.2. The van der Waals surface area contributed by atoms with E-state index in [-0.39, 0.29) is 22.3 Å². The summed E-state index contributed by atoms with van der Waals surface area (Å²) in [5.41, 5.74) is 0.977. The Bertz CT molecular complexity index is 1040. The third-order valence-corrected chi connectivity index (χ3v) is 4.04. The molecule has 0 aliphatic heterocycles. The highest BCUT2D eigenvalue weighted by molar-refractivity contribution is 5.67. The molecule has 0 aliphatic carbocycles. The molecule has 3 rings (SSSR count). The van der Waals surface area contributed by atoms with E-state index >= 15 is 0 Å². The first-order valence-corrected chi connectivity index (χ1v) is 8.90. The minimum absolute atomic E-state index is 0.0905. The van der Waals surface area contributed by atoms with Crippen molar-refractivity contribution in [1.29, 1.82) is 0 Å². The average molecular weight is 384 g/mol. The minimum Gasteiger partial charge on any atom is -0.203 e. The maximum absolute atomic E-state index is 14.4. The second-order valence-corrected chi connectivity index (χ2v) is 5.96. The zero-order chi connectivity index (χ0) is 20.8. The Labute approximate surface area is 162 Å². The van der Waals surface area contributed by atoms with E-state index in [1.54, 1.807) is 12.1 Å². The molecule has 3 aromatic rings. The van der Waals surface area contributed by atoms with Gasteiger partial charge in [0, 0.05) is 16.7 Å². The number of rotatable bonds is 1. The van der Waals surface area contributed by atoms with Gasteiger partial charge in [0.05, 0.1) is 5.56 Å². The molecule has 0 heterocycles. The van der Waals surface area contributed by atoms with Gasteiger partial charge in [0.15, 0.2) is 23.3 Å². The topological polar surface area (TPSA) is 0 Å². The number of hydrogen-bond donors (Lipinski definition) is 0. The van der Waals surface area contributed by atoms with Gasteiger partial charge in [-0.25, -0.2) is 17.6 Å². The highest BCUT2D eigenvalue weighted by Crippen LogP contribution is 2.30. The second-order valence-electron chi connectivity index (χ2n) is 5.96. The predicted octanol–water partition coefficient (Wildman–Crippen LogP) is 6.95. The third kappa shape index (κ3) is 4.43. The van der Waals surface area contributed by atoms with Crippen molar-refractivity contribution in [2.45, 2.75) is 27.7 Å². The smallest absolute Gasteiger partial charge is 0.175 e. The monoisotopic (exact) mass is 384 g/mol. The quantitative estimate of drug-likeness (QED) is 0.314. The lowest BCUT2D eigenvalue weighted by atomic mass is 10.00. The fraction of sp³-hybridized carbons (Fsp3) is 0.167. The molecule has 0 aliphatic rings. The third-order valence-electron chi connectivity index (χ3n) is 4.04. The molecular formula is C24H20F4. The molecular weight excluding hydrogens is 364 g/mol. The molecule has 0 nitrogen and oxygen atoms in total. The number of benzene rings is 3. The van der Waals surface area contributed by atoms with Crippen LogP contribution in [0, 0.1) is 49.0 Å². The molecule has 0 spiro atoms. The summed E-state index contributed by atoms with van der Waals surface area (Å²) in [5.74, 6) is 0.585. The molecule has 0 N–H and O–H groups in total. The molecule has 0 bridgehead atoms. The van der Waals surface area contributed by atoms with Crippen LogP contribution in [0.4, 0.5) is 17.6 Å². The van der Waals surface area contributed by atoms with Gasteiger partial charge in [0.2, 0.25) is 0 Å². The standard InChI is InChI=1S/C22H14F4.C2H6/c1-13-3-6-15(7-4-13)8-9-16-10-12-18(22(26)20(16)24)17-11-5-14(2)19(23)21(17)25;1-2/h3-7,10-12H,1-2H3;1-2H3. The van der Waals surface area contributed by atoms with Crippen LogP contribution in [0.5, 0.6) is 0 Å². The molecule has 0 amide bonds. The summed E-state index contributed by atoms with van der Waals surface area (Å²) in [5, 5.41) is 0. The molecule has 0 atom stereocenters. The van der Waals surface area contributed by atoms with E-state index in [0.717, 1.165) is 5.56 Å². The second kappa shape index (κ2) is 9.23. The average Bonchev–Trinajstić information content (AvgIpc) is 2.71. The number of halogens is 4. The summed E-state index contributed by atoms with van der Waals surface area (Å²) in [4.78, 5) is 0. The molecule has 3 aromatic carbocycles. The number of hydrogen-bond acceptors (Lipinski definition) is 0. The summed E-state index contributed by atoms with van der Waals surface area (Å²) in [7, 11) is 0. The van der Waals surface area contributed by atoms with Crippen molar-refractivity contribution in [3.05, 3.63) is 94.1 Å². The lowest BCUT2D eigenvalue weighted by Crippen LogP contribution is -1.98. The predicted molar refractivity (Wildman–Crippen MR) is 105 cm³/mol. The lowest BCUT2D eigenvalue weighted by molar-refractivity contribution is 0.497. The van der Waals surface area contributed by atoms with E-state index in [9.17, 15) is 17.6 Å². The van der Waals surface area contributed by atoms with Gasteiger partial charge >= 0.3 is 0 Å². The van der Waals surface area contributed by atoms with Gasteiger partial charge in [-0.3, -0.25) is 0 Å². The van der Waals surface area contributed by atoms with E-state index in [2.05, 4.69) is 11.8 Å². The SMILES string of the molecule is CC.Cc1ccc(C#Cc2ccc(-c3ccc(C)c(F)c3F)c(F)c2F)cc1. The van der Waals surface area contributed by atoms with Crippen molar-refractivity contribution in [2.24, 2.45) is 0 Å². The van der Waals surface area contributed by atoms with Gasteiger partial charge in [-0.15, -0.1) is 0 Å². The summed E-state index contributed by atoms with van der Waals surface area (Å²) in [6.07, 6.45) is 0. The van der Waals surface area contributed by atoms with E-state index in [4.69, 9.17) is 0 Å². The van der Waals surface area contributed by atoms with Crippen molar-refractivity contribution in [3.8, 4) is 23.0 Å². The first kappa shape index (κ1) is 21.2. The zero-order valence-electron chi connectivity index (χ0n) is 16.1. The Hall–Kier alpha value is -3.06. The van der Waals surface area contributed by atoms with Crippen LogP contribution in [-0.2, 0) is 0 Å². The maximum Gasteiger partial charge on any atom is 0.175 e. The molecule has 144 valence electrons. The van der Waals surface area contributed by atoms with Crippen LogP contribution in [-0.4, -0.2) is 0 Å². The van der Waals surface area contributed by atoms with E-state index < -0.39 is 23.3 Å². The molecule has 0 fully saturated rings. The Morgan fingerprint density at radius 1 is 0.571 bits per heavy atom. The van der Waals surface area contributed by atoms with Crippen LogP contribution < -0.4 is 0 Å². The van der Waals surface area contributed by atoms with Crippen molar-refractivity contribution < 1.29 is 17.6 Å². The molecule has 0 saturated heterocycles. The minimum atomic E-state index is -1.26. The first-order valence-electron chi connectivity index (χ1n) is 8.90. The molecule has 4 heteroatoms. The van der Waals surface area contributed by atoms with Crippen LogP contribution in [0.15, 0.2) is 48.5 Å². The van der Waals surface area contributed by atoms with E-state index in [0.29, 0.717) is 5.56 Å². The van der Waals surface area contributed by atoms with Crippen LogP contribution in [0.25, 0.3) is 11.1 Å². The van der Waals surface area contributed by atoms with Crippen LogP contribution >= 0.6 is 0 Å². The molecule has 0 radical (unpaired) electrons. The van der Waals surface area contributed by atoms with Crippen LogP contribution in [0.2, 0.25) is 0 Å². The zero-order valence-corrected chi connectivity index (χ0v) is 16.1. The summed E-state index contributed by atoms with van der Waals surface area (Å²) >= 11 is 0. The van der Waals surface area contributed by atoms with Gasteiger partial charge in [-0.1, -0.05) is 55.5 Å². The van der Waals surface area contributed by atoms with Crippen LogP contribution in [0.1, 0.15) is 36.1 Å². The fourth-order valence-electron chi connectivity index (χ4n) is 2.48. The fourth-order valence-corrected chi connectivity index (χ4v) is 2.48. The highest BCUT2D eigenvalue weighted by Gasteiger charge is 2.19. The van der Waals surface area contributed by atoms with Gasteiger partial charge in [0.1, 0.15) is 0 Å². The summed E-state index contributed by atoms with van der Waals surface area (Å²) < 4.78 is 56.5. The summed E-state index contributed by atoms with van der Waals surface area (Å²) in [6, 6.07) is 12.3. The Morgan fingerprint density at radius 2 is 1.11 bits per heavy atom. The molecule has 0 saturated carbocycles. The maximum atomic E-state index is 14.4. The largest absolute Gasteiger partial charge is 0.203 e. The van der Waals surface area contributed by atoms with Crippen molar-refractivity contribution >= 4 is 0 Å². The van der Waals surface area contributed by atoms with Gasteiger partial charge in [-0.2, -0.15) is 0 Å².